The van der Waals surface area contributed by atoms with E-state index in [2.05, 4.69) is 19.2 Å². The van der Waals surface area contributed by atoms with Crippen molar-refractivity contribution < 1.29 is 4.79 Å². The van der Waals surface area contributed by atoms with Crippen LogP contribution in [0.1, 0.15) is 38.8 Å². The molecule has 1 aromatic rings. The van der Waals surface area contributed by atoms with Crippen LogP contribution in [0, 0.1) is 11.8 Å². The summed E-state index contributed by atoms with van der Waals surface area (Å²) in [7, 11) is 0. The zero-order chi connectivity index (χ0) is 15.1. The second-order valence-corrected chi connectivity index (χ2v) is 5.80. The van der Waals surface area contributed by atoms with Crippen LogP contribution in [0.15, 0.2) is 30.3 Å². The maximum atomic E-state index is 12.3. The Labute approximate surface area is 121 Å². The third-order valence-electron chi connectivity index (χ3n) is 3.52. The van der Waals surface area contributed by atoms with Crippen molar-refractivity contribution in [3.8, 4) is 0 Å². The van der Waals surface area contributed by atoms with Gasteiger partial charge in [0.2, 0.25) is 5.91 Å². The van der Waals surface area contributed by atoms with E-state index in [9.17, 15) is 4.79 Å². The molecule has 0 fully saturated rings. The summed E-state index contributed by atoms with van der Waals surface area (Å²) in [6.07, 6.45) is 0.884. The van der Waals surface area contributed by atoms with E-state index in [1.54, 1.807) is 0 Å². The molecule has 1 amide bonds. The average Bonchev–Trinajstić information content (AvgIpc) is 2.45. The highest BCUT2D eigenvalue weighted by molar-refractivity contribution is 5.79. The third-order valence-corrected chi connectivity index (χ3v) is 3.52. The van der Waals surface area contributed by atoms with Crippen LogP contribution in [-0.4, -0.2) is 18.5 Å². The van der Waals surface area contributed by atoms with Crippen LogP contribution in [-0.2, 0) is 4.79 Å². The van der Waals surface area contributed by atoms with Gasteiger partial charge in [-0.05, 0) is 17.9 Å². The summed E-state index contributed by atoms with van der Waals surface area (Å²) in [6.45, 7) is 6.55. The molecule has 112 valence electrons. The van der Waals surface area contributed by atoms with E-state index in [0.717, 1.165) is 12.0 Å². The van der Waals surface area contributed by atoms with Crippen molar-refractivity contribution in [1.29, 1.82) is 0 Å². The molecule has 5 N–H and O–H groups in total. The Morgan fingerprint density at radius 1 is 1.20 bits per heavy atom. The van der Waals surface area contributed by atoms with Crippen LogP contribution < -0.4 is 16.8 Å². The standard InChI is InChI=1S/C16H27N3O/c1-11(2)9-14(10-17)19-16(20)12(3)15(18)13-7-5-4-6-8-13/h4-8,11-12,14-15H,9-10,17-18H2,1-3H3,(H,19,20). The molecule has 0 saturated heterocycles. The molecule has 1 aromatic carbocycles. The SMILES string of the molecule is CC(C)CC(CN)NC(=O)C(C)C(N)c1ccccc1. The van der Waals surface area contributed by atoms with Crippen LogP contribution in [0.4, 0.5) is 0 Å². The quantitative estimate of drug-likeness (QED) is 0.711. The molecule has 4 nitrogen and oxygen atoms in total. The fourth-order valence-corrected chi connectivity index (χ4v) is 2.24. The summed E-state index contributed by atoms with van der Waals surface area (Å²) in [5.41, 5.74) is 12.9. The molecular weight excluding hydrogens is 250 g/mol. The summed E-state index contributed by atoms with van der Waals surface area (Å²) >= 11 is 0. The van der Waals surface area contributed by atoms with Crippen molar-refractivity contribution in [2.75, 3.05) is 6.54 Å². The van der Waals surface area contributed by atoms with E-state index >= 15 is 0 Å². The van der Waals surface area contributed by atoms with Crippen molar-refractivity contribution in [2.45, 2.75) is 39.3 Å². The van der Waals surface area contributed by atoms with Crippen molar-refractivity contribution in [1.82, 2.24) is 5.32 Å². The molecule has 0 aromatic heterocycles. The molecule has 1 rings (SSSR count). The average molecular weight is 277 g/mol. The molecule has 3 unspecified atom stereocenters. The lowest BCUT2D eigenvalue weighted by Gasteiger charge is -2.24. The summed E-state index contributed by atoms with van der Waals surface area (Å²) < 4.78 is 0. The minimum absolute atomic E-state index is 0.0212. The molecule has 4 heteroatoms. The van der Waals surface area contributed by atoms with Gasteiger partial charge in [0, 0.05) is 18.6 Å². The Hall–Kier alpha value is -1.39. The van der Waals surface area contributed by atoms with Gasteiger partial charge >= 0.3 is 0 Å². The molecule has 0 radical (unpaired) electrons. The Kier molecular flexibility index (Phi) is 6.68. The molecule has 0 aliphatic carbocycles. The summed E-state index contributed by atoms with van der Waals surface area (Å²) in [4.78, 5) is 12.3. The van der Waals surface area contributed by atoms with Gasteiger partial charge in [-0.15, -0.1) is 0 Å². The van der Waals surface area contributed by atoms with Gasteiger partial charge in [0.15, 0.2) is 0 Å². The Morgan fingerprint density at radius 3 is 2.30 bits per heavy atom. The van der Waals surface area contributed by atoms with E-state index in [0.29, 0.717) is 12.5 Å². The number of amides is 1. The highest BCUT2D eigenvalue weighted by atomic mass is 16.2. The van der Waals surface area contributed by atoms with Crippen molar-refractivity contribution in [3.05, 3.63) is 35.9 Å². The molecule has 0 heterocycles. The smallest absolute Gasteiger partial charge is 0.225 e. The molecule has 20 heavy (non-hydrogen) atoms. The molecule has 0 saturated carbocycles. The number of nitrogens with one attached hydrogen (secondary N) is 1. The fourth-order valence-electron chi connectivity index (χ4n) is 2.24. The third kappa shape index (κ3) is 4.94. The zero-order valence-corrected chi connectivity index (χ0v) is 12.7. The number of hydrogen-bond acceptors (Lipinski definition) is 3. The predicted molar refractivity (Wildman–Crippen MR) is 83.0 cm³/mol. The second-order valence-electron chi connectivity index (χ2n) is 5.80. The van der Waals surface area contributed by atoms with Crippen LogP contribution in [0.2, 0.25) is 0 Å². The van der Waals surface area contributed by atoms with Crippen LogP contribution in [0.25, 0.3) is 0 Å². The zero-order valence-electron chi connectivity index (χ0n) is 12.7. The second kappa shape index (κ2) is 8.02. The lowest BCUT2D eigenvalue weighted by Crippen LogP contribution is -2.45. The molecule has 0 aliphatic rings. The van der Waals surface area contributed by atoms with Crippen LogP contribution in [0.5, 0.6) is 0 Å². The number of nitrogens with two attached hydrogens (primary N) is 2. The number of benzene rings is 1. The van der Waals surface area contributed by atoms with Crippen molar-refractivity contribution >= 4 is 5.91 Å². The fraction of sp³-hybridized carbons (Fsp3) is 0.562. The topological polar surface area (TPSA) is 81.1 Å². The van der Waals surface area contributed by atoms with Gasteiger partial charge in [0.25, 0.3) is 0 Å². The van der Waals surface area contributed by atoms with Gasteiger partial charge in [-0.25, -0.2) is 0 Å². The first-order chi connectivity index (χ1) is 9.45. The maximum absolute atomic E-state index is 12.3. The molecule has 3 atom stereocenters. The number of hydrogen-bond donors (Lipinski definition) is 3. The summed E-state index contributed by atoms with van der Waals surface area (Å²) in [5, 5.41) is 3.00. The van der Waals surface area contributed by atoms with Crippen LogP contribution in [0.3, 0.4) is 0 Å². The molecule has 0 spiro atoms. The van der Waals surface area contributed by atoms with E-state index in [1.165, 1.54) is 0 Å². The minimum atomic E-state index is -0.298. The Morgan fingerprint density at radius 2 is 1.80 bits per heavy atom. The highest BCUT2D eigenvalue weighted by Crippen LogP contribution is 2.19. The summed E-state index contributed by atoms with van der Waals surface area (Å²) in [6, 6.07) is 9.42. The van der Waals surface area contributed by atoms with Gasteiger partial charge in [0.05, 0.1) is 5.92 Å². The first kappa shape index (κ1) is 16.7. The van der Waals surface area contributed by atoms with E-state index in [4.69, 9.17) is 11.5 Å². The highest BCUT2D eigenvalue weighted by Gasteiger charge is 2.24. The Bertz CT molecular complexity index is 405. The monoisotopic (exact) mass is 277 g/mol. The number of carbonyl (C=O) groups is 1. The largest absolute Gasteiger partial charge is 0.352 e. The minimum Gasteiger partial charge on any atom is -0.352 e. The van der Waals surface area contributed by atoms with Gasteiger partial charge in [-0.2, -0.15) is 0 Å². The van der Waals surface area contributed by atoms with Gasteiger partial charge in [-0.3, -0.25) is 4.79 Å². The predicted octanol–water partition coefficient (Wildman–Crippen LogP) is 1.81. The summed E-state index contributed by atoms with van der Waals surface area (Å²) in [5.74, 6) is 0.193. The van der Waals surface area contributed by atoms with E-state index in [-0.39, 0.29) is 23.9 Å². The molecule has 0 aliphatic heterocycles. The lowest BCUT2D eigenvalue weighted by atomic mass is 9.94. The molecular formula is C16H27N3O. The van der Waals surface area contributed by atoms with Gasteiger partial charge in [-0.1, -0.05) is 51.1 Å². The first-order valence-electron chi connectivity index (χ1n) is 7.26. The number of carbonyl (C=O) groups excluding carboxylic acids is 1. The van der Waals surface area contributed by atoms with E-state index < -0.39 is 0 Å². The first-order valence-corrected chi connectivity index (χ1v) is 7.26. The molecule has 0 bridgehead atoms. The van der Waals surface area contributed by atoms with Crippen molar-refractivity contribution in [3.63, 3.8) is 0 Å². The Balaban J connectivity index is 2.62. The maximum Gasteiger partial charge on any atom is 0.225 e. The van der Waals surface area contributed by atoms with Crippen molar-refractivity contribution in [2.24, 2.45) is 23.3 Å². The number of rotatable bonds is 7. The van der Waals surface area contributed by atoms with E-state index in [1.807, 2.05) is 37.3 Å². The van der Waals surface area contributed by atoms with Crippen LogP contribution >= 0.6 is 0 Å². The normalized spacial score (nSPS) is 15.7. The van der Waals surface area contributed by atoms with Gasteiger partial charge in [0.1, 0.15) is 0 Å². The van der Waals surface area contributed by atoms with Gasteiger partial charge < -0.3 is 16.8 Å². The lowest BCUT2D eigenvalue weighted by molar-refractivity contribution is -0.125.